The second-order valence-corrected chi connectivity index (χ2v) is 4.88. The molecule has 0 heterocycles. The standard InChI is InChI=1S/C16H17F2NO/c1-10(2)20-13-6-3-11(4-7-13)16(19)14-9-12(17)5-8-15(14)18/h3-10,16H,19H2,1-2H3. The predicted molar refractivity (Wildman–Crippen MR) is 74.6 cm³/mol. The molecule has 2 rings (SSSR count). The van der Waals surface area contributed by atoms with Gasteiger partial charge in [-0.05, 0) is 49.7 Å². The Balaban J connectivity index is 2.24. The van der Waals surface area contributed by atoms with Gasteiger partial charge in [-0.15, -0.1) is 0 Å². The van der Waals surface area contributed by atoms with Crippen LogP contribution in [0, 0.1) is 11.6 Å². The van der Waals surface area contributed by atoms with E-state index in [9.17, 15) is 8.78 Å². The zero-order chi connectivity index (χ0) is 14.7. The van der Waals surface area contributed by atoms with Gasteiger partial charge in [-0.25, -0.2) is 8.78 Å². The Bertz CT molecular complexity index is 582. The molecule has 0 saturated heterocycles. The molecule has 4 heteroatoms. The van der Waals surface area contributed by atoms with Crippen LogP contribution in [0.1, 0.15) is 31.0 Å². The van der Waals surface area contributed by atoms with Crippen LogP contribution in [0.4, 0.5) is 8.78 Å². The summed E-state index contributed by atoms with van der Waals surface area (Å²) in [6.45, 7) is 3.86. The Morgan fingerprint density at radius 1 is 1.00 bits per heavy atom. The highest BCUT2D eigenvalue weighted by Crippen LogP contribution is 2.25. The summed E-state index contributed by atoms with van der Waals surface area (Å²) < 4.78 is 32.4. The SMILES string of the molecule is CC(C)Oc1ccc(C(N)c2cc(F)ccc2F)cc1. The lowest BCUT2D eigenvalue weighted by molar-refractivity contribution is 0.242. The van der Waals surface area contributed by atoms with E-state index in [1.54, 1.807) is 24.3 Å². The molecular weight excluding hydrogens is 260 g/mol. The zero-order valence-corrected chi connectivity index (χ0v) is 11.4. The van der Waals surface area contributed by atoms with E-state index < -0.39 is 17.7 Å². The van der Waals surface area contributed by atoms with E-state index in [4.69, 9.17) is 10.5 Å². The van der Waals surface area contributed by atoms with Crippen molar-refractivity contribution >= 4 is 0 Å². The van der Waals surface area contributed by atoms with Crippen molar-refractivity contribution in [3.63, 3.8) is 0 Å². The van der Waals surface area contributed by atoms with Crippen LogP contribution in [0.5, 0.6) is 5.75 Å². The third-order valence-electron chi connectivity index (χ3n) is 2.90. The first-order chi connectivity index (χ1) is 9.47. The molecule has 0 aliphatic heterocycles. The largest absolute Gasteiger partial charge is 0.491 e. The van der Waals surface area contributed by atoms with Gasteiger partial charge in [0, 0.05) is 5.56 Å². The summed E-state index contributed by atoms with van der Waals surface area (Å²) in [6.07, 6.45) is 0.0789. The molecule has 0 aromatic heterocycles. The van der Waals surface area contributed by atoms with Gasteiger partial charge in [0.05, 0.1) is 12.1 Å². The summed E-state index contributed by atoms with van der Waals surface area (Å²) in [5.41, 5.74) is 6.83. The third-order valence-corrected chi connectivity index (χ3v) is 2.90. The molecule has 1 unspecified atom stereocenters. The highest BCUT2D eigenvalue weighted by Gasteiger charge is 2.14. The summed E-state index contributed by atoms with van der Waals surface area (Å²) in [7, 11) is 0. The van der Waals surface area contributed by atoms with Gasteiger partial charge in [-0.1, -0.05) is 12.1 Å². The fourth-order valence-corrected chi connectivity index (χ4v) is 1.96. The van der Waals surface area contributed by atoms with E-state index in [0.29, 0.717) is 5.56 Å². The van der Waals surface area contributed by atoms with E-state index >= 15 is 0 Å². The summed E-state index contributed by atoms with van der Waals surface area (Å²) in [6, 6.07) is 9.63. The lowest BCUT2D eigenvalue weighted by atomic mass is 9.99. The number of rotatable bonds is 4. The molecule has 0 bridgehead atoms. The van der Waals surface area contributed by atoms with Crippen LogP contribution in [0.15, 0.2) is 42.5 Å². The lowest BCUT2D eigenvalue weighted by Gasteiger charge is -2.15. The van der Waals surface area contributed by atoms with Crippen LogP contribution < -0.4 is 10.5 Å². The number of nitrogens with two attached hydrogens (primary N) is 1. The van der Waals surface area contributed by atoms with Gasteiger partial charge in [-0.2, -0.15) is 0 Å². The number of halogens is 2. The Morgan fingerprint density at radius 2 is 1.65 bits per heavy atom. The fourth-order valence-electron chi connectivity index (χ4n) is 1.96. The molecule has 0 saturated carbocycles. The topological polar surface area (TPSA) is 35.2 Å². The maximum absolute atomic E-state index is 13.7. The van der Waals surface area contributed by atoms with Gasteiger partial charge >= 0.3 is 0 Å². The molecule has 0 fully saturated rings. The molecule has 2 aromatic rings. The van der Waals surface area contributed by atoms with Crippen molar-refractivity contribution in [1.82, 2.24) is 0 Å². The Hall–Kier alpha value is -1.94. The minimum atomic E-state index is -0.709. The first-order valence-electron chi connectivity index (χ1n) is 6.44. The van der Waals surface area contributed by atoms with Crippen LogP contribution in [0.25, 0.3) is 0 Å². The Kier molecular flexibility index (Phi) is 4.35. The van der Waals surface area contributed by atoms with Crippen molar-refractivity contribution < 1.29 is 13.5 Å². The maximum atomic E-state index is 13.7. The van der Waals surface area contributed by atoms with Gasteiger partial charge in [0.1, 0.15) is 17.4 Å². The molecule has 0 radical (unpaired) electrons. The van der Waals surface area contributed by atoms with Crippen LogP contribution in [-0.4, -0.2) is 6.10 Å². The highest BCUT2D eigenvalue weighted by atomic mass is 19.1. The quantitative estimate of drug-likeness (QED) is 0.922. The van der Waals surface area contributed by atoms with E-state index in [-0.39, 0.29) is 11.7 Å². The molecule has 0 aliphatic carbocycles. The van der Waals surface area contributed by atoms with E-state index in [1.807, 2.05) is 13.8 Å². The molecule has 2 N–H and O–H groups in total. The third kappa shape index (κ3) is 3.33. The van der Waals surface area contributed by atoms with E-state index in [2.05, 4.69) is 0 Å². The van der Waals surface area contributed by atoms with Gasteiger partial charge in [0.25, 0.3) is 0 Å². The first-order valence-corrected chi connectivity index (χ1v) is 6.44. The molecule has 1 atom stereocenters. The van der Waals surface area contributed by atoms with E-state index in [0.717, 1.165) is 23.9 Å². The average molecular weight is 277 g/mol. The van der Waals surface area contributed by atoms with E-state index in [1.165, 1.54) is 0 Å². The maximum Gasteiger partial charge on any atom is 0.128 e. The van der Waals surface area contributed by atoms with Crippen LogP contribution >= 0.6 is 0 Å². The second kappa shape index (κ2) is 6.01. The monoisotopic (exact) mass is 277 g/mol. The van der Waals surface area contributed by atoms with Crippen molar-refractivity contribution in [2.75, 3.05) is 0 Å². The Morgan fingerprint density at radius 3 is 2.25 bits per heavy atom. The second-order valence-electron chi connectivity index (χ2n) is 4.88. The predicted octanol–water partition coefficient (Wildman–Crippen LogP) is 3.80. The van der Waals surface area contributed by atoms with Crippen molar-refractivity contribution in [1.29, 1.82) is 0 Å². The average Bonchev–Trinajstić information content (AvgIpc) is 2.41. The molecule has 106 valence electrons. The van der Waals surface area contributed by atoms with Crippen molar-refractivity contribution in [3.05, 3.63) is 65.2 Å². The molecule has 0 aliphatic rings. The van der Waals surface area contributed by atoms with Gasteiger partial charge < -0.3 is 10.5 Å². The molecule has 2 aromatic carbocycles. The molecule has 2 nitrogen and oxygen atoms in total. The number of hydrogen-bond donors (Lipinski definition) is 1. The van der Waals surface area contributed by atoms with Gasteiger partial charge in [-0.3, -0.25) is 0 Å². The Labute approximate surface area is 117 Å². The van der Waals surface area contributed by atoms with Crippen LogP contribution in [0.3, 0.4) is 0 Å². The summed E-state index contributed by atoms with van der Waals surface area (Å²) >= 11 is 0. The summed E-state index contributed by atoms with van der Waals surface area (Å²) in [5, 5.41) is 0. The number of ether oxygens (including phenoxy) is 1. The van der Waals surface area contributed by atoms with Crippen molar-refractivity contribution in [2.45, 2.75) is 26.0 Å². The first kappa shape index (κ1) is 14.5. The summed E-state index contributed by atoms with van der Waals surface area (Å²) in [4.78, 5) is 0. The van der Waals surface area contributed by atoms with Crippen molar-refractivity contribution in [3.8, 4) is 5.75 Å². The smallest absolute Gasteiger partial charge is 0.128 e. The molecule has 0 spiro atoms. The minimum Gasteiger partial charge on any atom is -0.491 e. The zero-order valence-electron chi connectivity index (χ0n) is 11.4. The molecule has 0 amide bonds. The van der Waals surface area contributed by atoms with Crippen LogP contribution in [0.2, 0.25) is 0 Å². The normalized spacial score (nSPS) is 12.5. The summed E-state index contributed by atoms with van der Waals surface area (Å²) in [5.74, 6) is -0.298. The van der Waals surface area contributed by atoms with Gasteiger partial charge in [0.2, 0.25) is 0 Å². The molecule has 20 heavy (non-hydrogen) atoms. The van der Waals surface area contributed by atoms with Gasteiger partial charge in [0.15, 0.2) is 0 Å². The lowest BCUT2D eigenvalue weighted by Crippen LogP contribution is -2.14. The number of hydrogen-bond acceptors (Lipinski definition) is 2. The highest BCUT2D eigenvalue weighted by molar-refractivity contribution is 5.36. The fraction of sp³-hybridized carbons (Fsp3) is 0.250. The number of benzene rings is 2. The van der Waals surface area contributed by atoms with Crippen molar-refractivity contribution in [2.24, 2.45) is 5.73 Å². The minimum absolute atomic E-state index is 0.0789. The molecular formula is C16H17F2NO. The van der Waals surface area contributed by atoms with Crippen LogP contribution in [-0.2, 0) is 0 Å².